The third-order valence-corrected chi connectivity index (χ3v) is 4.05. The third kappa shape index (κ3) is 3.01. The average Bonchev–Trinajstić information content (AvgIpc) is 2.88. The summed E-state index contributed by atoms with van der Waals surface area (Å²) in [6, 6.07) is 9.55. The third-order valence-electron chi connectivity index (χ3n) is 2.99. The van der Waals surface area contributed by atoms with Crippen molar-refractivity contribution in [2.45, 2.75) is 16.6 Å². The normalized spacial score (nSPS) is 16.8. The summed E-state index contributed by atoms with van der Waals surface area (Å²) in [5.74, 6) is -0.303. The molecule has 22 heavy (non-hydrogen) atoms. The number of halogens is 3. The zero-order valence-electron chi connectivity index (χ0n) is 11.0. The molecular formula is C14H10F3N3OS. The molecule has 0 aliphatic carbocycles. The van der Waals surface area contributed by atoms with Gasteiger partial charge in [-0.25, -0.2) is 4.98 Å². The number of nitrogens with one attached hydrogen (secondary N) is 2. The number of carbonyl (C=O) groups is 1. The number of rotatable bonds is 2. The first-order valence-corrected chi connectivity index (χ1v) is 7.18. The van der Waals surface area contributed by atoms with Crippen LogP contribution in [0.1, 0.15) is 16.1 Å². The maximum Gasteiger partial charge on any atom is 0.433 e. The van der Waals surface area contributed by atoms with E-state index in [1.807, 2.05) is 0 Å². The fourth-order valence-corrected chi connectivity index (χ4v) is 2.98. The standard InChI is InChI=1S/C14H10F3N3OS/c15-14(16,17)11-6-10-9(7-18-11)19-13(22-10)20-12(21)8-4-2-1-3-5-8/h1-7,13,19H,(H,20,21). The van der Waals surface area contributed by atoms with E-state index in [0.29, 0.717) is 16.1 Å². The first-order chi connectivity index (χ1) is 10.4. The van der Waals surface area contributed by atoms with Crippen molar-refractivity contribution in [1.82, 2.24) is 10.3 Å². The molecule has 1 atom stereocenters. The summed E-state index contributed by atoms with van der Waals surface area (Å²) >= 11 is 1.11. The van der Waals surface area contributed by atoms with Gasteiger partial charge in [0.2, 0.25) is 0 Å². The van der Waals surface area contributed by atoms with Crippen LogP contribution in [0.5, 0.6) is 0 Å². The van der Waals surface area contributed by atoms with Gasteiger partial charge in [-0.3, -0.25) is 4.79 Å². The Hall–Kier alpha value is -2.22. The molecule has 0 saturated carbocycles. The predicted octanol–water partition coefficient (Wildman–Crippen LogP) is 3.33. The van der Waals surface area contributed by atoms with Crippen LogP contribution in [0.15, 0.2) is 47.5 Å². The highest BCUT2D eigenvalue weighted by Gasteiger charge is 2.34. The number of nitrogens with zero attached hydrogens (tertiary/aromatic N) is 1. The summed E-state index contributed by atoms with van der Waals surface area (Å²) in [7, 11) is 0. The summed E-state index contributed by atoms with van der Waals surface area (Å²) in [5.41, 5.74) is -0.533. The molecule has 0 radical (unpaired) electrons. The Morgan fingerprint density at radius 2 is 2.00 bits per heavy atom. The zero-order chi connectivity index (χ0) is 15.7. The molecule has 0 bridgehead atoms. The molecule has 2 heterocycles. The lowest BCUT2D eigenvalue weighted by Gasteiger charge is -2.12. The van der Waals surface area contributed by atoms with Gasteiger partial charge in [-0.15, -0.1) is 0 Å². The molecule has 1 aliphatic heterocycles. The highest BCUT2D eigenvalue weighted by molar-refractivity contribution is 8.00. The van der Waals surface area contributed by atoms with E-state index < -0.39 is 17.4 Å². The molecule has 1 unspecified atom stereocenters. The van der Waals surface area contributed by atoms with Crippen LogP contribution in [0.3, 0.4) is 0 Å². The Labute approximate surface area is 128 Å². The fourth-order valence-electron chi connectivity index (χ4n) is 1.95. The molecule has 114 valence electrons. The minimum atomic E-state index is -4.49. The van der Waals surface area contributed by atoms with E-state index in [4.69, 9.17) is 0 Å². The van der Waals surface area contributed by atoms with Crippen molar-refractivity contribution in [2.75, 3.05) is 5.32 Å². The first-order valence-electron chi connectivity index (χ1n) is 6.30. The van der Waals surface area contributed by atoms with Gasteiger partial charge in [-0.1, -0.05) is 30.0 Å². The lowest BCUT2D eigenvalue weighted by Crippen LogP contribution is -2.35. The van der Waals surface area contributed by atoms with Crippen LogP contribution >= 0.6 is 11.8 Å². The minimum Gasteiger partial charge on any atom is -0.354 e. The summed E-state index contributed by atoms with van der Waals surface area (Å²) in [6.07, 6.45) is -3.36. The van der Waals surface area contributed by atoms with Crippen LogP contribution in [-0.4, -0.2) is 16.4 Å². The van der Waals surface area contributed by atoms with Crippen molar-refractivity contribution >= 4 is 23.4 Å². The number of amides is 1. The molecule has 1 amide bonds. The number of carbonyl (C=O) groups excluding carboxylic acids is 1. The topological polar surface area (TPSA) is 54.0 Å². The molecule has 8 heteroatoms. The molecule has 0 saturated heterocycles. The van der Waals surface area contributed by atoms with Gasteiger partial charge in [0.1, 0.15) is 5.69 Å². The van der Waals surface area contributed by atoms with Gasteiger partial charge in [0.15, 0.2) is 5.50 Å². The molecule has 4 nitrogen and oxygen atoms in total. The van der Waals surface area contributed by atoms with Crippen molar-refractivity contribution in [2.24, 2.45) is 0 Å². The van der Waals surface area contributed by atoms with E-state index in [1.165, 1.54) is 0 Å². The smallest absolute Gasteiger partial charge is 0.354 e. The summed E-state index contributed by atoms with van der Waals surface area (Å²) in [5, 5.41) is 5.62. The van der Waals surface area contributed by atoms with Gasteiger partial charge in [0.25, 0.3) is 5.91 Å². The van der Waals surface area contributed by atoms with Crippen LogP contribution in [0, 0.1) is 0 Å². The molecule has 1 aromatic heterocycles. The highest BCUT2D eigenvalue weighted by atomic mass is 32.2. The lowest BCUT2D eigenvalue weighted by molar-refractivity contribution is -0.141. The summed E-state index contributed by atoms with van der Waals surface area (Å²) in [4.78, 5) is 15.8. The number of aromatic nitrogens is 1. The largest absolute Gasteiger partial charge is 0.433 e. The van der Waals surface area contributed by atoms with Gasteiger partial charge in [0, 0.05) is 10.5 Å². The van der Waals surface area contributed by atoms with Crippen molar-refractivity contribution in [3.8, 4) is 0 Å². The molecule has 0 fully saturated rings. The SMILES string of the molecule is O=C(NC1Nc2cnc(C(F)(F)F)cc2S1)c1ccccc1. The van der Waals surface area contributed by atoms with Crippen LogP contribution < -0.4 is 10.6 Å². The van der Waals surface area contributed by atoms with Gasteiger partial charge in [-0.05, 0) is 18.2 Å². The molecule has 1 aliphatic rings. The van der Waals surface area contributed by atoms with E-state index >= 15 is 0 Å². The molecule has 1 aromatic carbocycles. The fraction of sp³-hybridized carbons (Fsp3) is 0.143. The number of alkyl halides is 3. The van der Waals surface area contributed by atoms with Gasteiger partial charge in [-0.2, -0.15) is 13.2 Å². The predicted molar refractivity (Wildman–Crippen MR) is 76.4 cm³/mol. The van der Waals surface area contributed by atoms with Crippen molar-refractivity contribution in [3.05, 3.63) is 53.9 Å². The molecule has 2 aromatic rings. The maximum absolute atomic E-state index is 12.6. The van der Waals surface area contributed by atoms with Crippen LogP contribution in [-0.2, 0) is 6.18 Å². The lowest BCUT2D eigenvalue weighted by atomic mass is 10.2. The van der Waals surface area contributed by atoms with E-state index in [9.17, 15) is 18.0 Å². The van der Waals surface area contributed by atoms with Crippen molar-refractivity contribution < 1.29 is 18.0 Å². The Kier molecular flexibility index (Phi) is 3.69. The van der Waals surface area contributed by atoms with E-state index in [0.717, 1.165) is 24.0 Å². The van der Waals surface area contributed by atoms with Gasteiger partial charge < -0.3 is 10.6 Å². The summed E-state index contributed by atoms with van der Waals surface area (Å²) in [6.45, 7) is 0. The molecular weight excluding hydrogens is 315 g/mol. The van der Waals surface area contributed by atoms with Crippen LogP contribution in [0.25, 0.3) is 0 Å². The molecule has 2 N–H and O–H groups in total. The maximum atomic E-state index is 12.6. The number of fused-ring (bicyclic) bond motifs is 1. The van der Waals surface area contributed by atoms with Gasteiger partial charge >= 0.3 is 6.18 Å². The number of hydrogen-bond donors (Lipinski definition) is 2. The second-order valence-corrected chi connectivity index (χ2v) is 5.69. The van der Waals surface area contributed by atoms with E-state index in [2.05, 4.69) is 15.6 Å². The monoisotopic (exact) mass is 325 g/mol. The zero-order valence-corrected chi connectivity index (χ0v) is 11.8. The average molecular weight is 325 g/mol. The van der Waals surface area contributed by atoms with Crippen molar-refractivity contribution in [3.63, 3.8) is 0 Å². The van der Waals surface area contributed by atoms with Crippen LogP contribution in [0.4, 0.5) is 18.9 Å². The van der Waals surface area contributed by atoms with Gasteiger partial charge in [0.05, 0.1) is 11.9 Å². The van der Waals surface area contributed by atoms with E-state index in [1.54, 1.807) is 30.3 Å². The quantitative estimate of drug-likeness (QED) is 0.889. The number of anilines is 1. The number of pyridine rings is 1. The molecule has 3 rings (SSSR count). The Bertz CT molecular complexity index is 706. The number of benzene rings is 1. The Morgan fingerprint density at radius 3 is 2.68 bits per heavy atom. The number of thioether (sulfide) groups is 1. The van der Waals surface area contributed by atoms with E-state index in [-0.39, 0.29) is 5.91 Å². The van der Waals surface area contributed by atoms with Crippen molar-refractivity contribution in [1.29, 1.82) is 0 Å². The highest BCUT2D eigenvalue weighted by Crippen LogP contribution is 2.40. The summed E-state index contributed by atoms with van der Waals surface area (Å²) < 4.78 is 37.9. The second-order valence-electron chi connectivity index (χ2n) is 4.55. The first kappa shape index (κ1) is 14.7. The minimum absolute atomic E-state index is 0.303. The molecule has 0 spiro atoms. The Balaban J connectivity index is 1.71. The Morgan fingerprint density at radius 1 is 1.27 bits per heavy atom. The second kappa shape index (κ2) is 5.53. The van der Waals surface area contributed by atoms with Crippen LogP contribution in [0.2, 0.25) is 0 Å². The number of hydrogen-bond acceptors (Lipinski definition) is 4.